The zero-order valence-electron chi connectivity index (χ0n) is 13.9. The maximum atomic E-state index is 12.0. The second-order valence-electron chi connectivity index (χ2n) is 5.60. The van der Waals surface area contributed by atoms with Crippen LogP contribution in [0.1, 0.15) is 48.0 Å². The number of carbonyl (C=O) groups excluding carboxylic acids is 4. The van der Waals surface area contributed by atoms with Crippen LogP contribution in [-0.4, -0.2) is 42.0 Å². The van der Waals surface area contributed by atoms with Crippen molar-refractivity contribution in [1.29, 1.82) is 0 Å². The topological polar surface area (TPSA) is 96.0 Å². The number of ether oxygens (including phenoxy) is 3. The number of esters is 3. The first kappa shape index (κ1) is 20.1. The molecule has 126 valence electrons. The zero-order valence-corrected chi connectivity index (χ0v) is 13.9. The Balaban J connectivity index is 5.07. The Morgan fingerprint density at radius 3 is 1.59 bits per heavy atom. The molecule has 0 aromatic rings. The normalized spacial score (nSPS) is 12.2. The Hall–Kier alpha value is -1.92. The van der Waals surface area contributed by atoms with Gasteiger partial charge in [0.25, 0.3) is 5.78 Å². The van der Waals surface area contributed by atoms with Crippen LogP contribution in [0.3, 0.4) is 0 Å². The summed E-state index contributed by atoms with van der Waals surface area (Å²) in [6, 6.07) is 0. The second-order valence-corrected chi connectivity index (χ2v) is 5.60. The smallest absolute Gasteiger partial charge is 0.375 e. The number of rotatable bonds is 8. The van der Waals surface area contributed by atoms with Crippen molar-refractivity contribution in [2.24, 2.45) is 5.92 Å². The van der Waals surface area contributed by atoms with E-state index in [0.717, 1.165) is 0 Å². The molecule has 0 aromatic carbocycles. The van der Waals surface area contributed by atoms with Gasteiger partial charge in [0.1, 0.15) is 5.92 Å². The molecule has 0 N–H and O–H groups in total. The van der Waals surface area contributed by atoms with Gasteiger partial charge in [-0.05, 0) is 41.5 Å². The van der Waals surface area contributed by atoms with Crippen molar-refractivity contribution in [3.8, 4) is 0 Å². The molecule has 0 rings (SSSR count). The molecule has 7 heteroatoms. The number of hydrogen-bond donors (Lipinski definition) is 0. The van der Waals surface area contributed by atoms with E-state index in [9.17, 15) is 19.2 Å². The highest BCUT2D eigenvalue weighted by Gasteiger charge is 2.37. The number of carbonyl (C=O) groups is 4. The van der Waals surface area contributed by atoms with E-state index in [4.69, 9.17) is 14.2 Å². The molecule has 22 heavy (non-hydrogen) atoms. The van der Waals surface area contributed by atoms with E-state index in [1.165, 1.54) is 0 Å². The predicted molar refractivity (Wildman–Crippen MR) is 76.8 cm³/mol. The van der Waals surface area contributed by atoms with Crippen LogP contribution in [-0.2, 0) is 33.4 Å². The van der Waals surface area contributed by atoms with E-state index in [2.05, 4.69) is 0 Å². The maximum Gasteiger partial charge on any atom is 0.375 e. The van der Waals surface area contributed by atoms with Gasteiger partial charge in [0.05, 0.1) is 24.7 Å². The summed E-state index contributed by atoms with van der Waals surface area (Å²) in [6.07, 6.45) is -1.95. The van der Waals surface area contributed by atoms with Crippen molar-refractivity contribution in [2.75, 3.05) is 0 Å². The minimum absolute atomic E-state index is 0.396. The average Bonchev–Trinajstić information content (AvgIpc) is 2.32. The molecule has 0 aromatic heterocycles. The average molecular weight is 316 g/mol. The lowest BCUT2D eigenvalue weighted by molar-refractivity contribution is -0.168. The number of ketones is 1. The highest BCUT2D eigenvalue weighted by atomic mass is 16.6. The molecule has 1 unspecified atom stereocenters. The fraction of sp³-hybridized carbons (Fsp3) is 0.733. The van der Waals surface area contributed by atoms with Crippen molar-refractivity contribution in [2.45, 2.75) is 66.3 Å². The first-order valence-electron chi connectivity index (χ1n) is 7.19. The van der Waals surface area contributed by atoms with E-state index in [1.807, 2.05) is 0 Å². The fourth-order valence-corrected chi connectivity index (χ4v) is 1.49. The lowest BCUT2D eigenvalue weighted by Gasteiger charge is -2.17. The van der Waals surface area contributed by atoms with Gasteiger partial charge in [0, 0.05) is 0 Å². The van der Waals surface area contributed by atoms with Crippen LogP contribution in [0.2, 0.25) is 0 Å². The van der Waals surface area contributed by atoms with Crippen LogP contribution in [0, 0.1) is 5.92 Å². The monoisotopic (exact) mass is 316 g/mol. The molecule has 0 bridgehead atoms. The van der Waals surface area contributed by atoms with Crippen LogP contribution in [0.25, 0.3) is 0 Å². The first-order valence-corrected chi connectivity index (χ1v) is 7.19. The largest absolute Gasteiger partial charge is 0.463 e. The van der Waals surface area contributed by atoms with Crippen LogP contribution in [0.4, 0.5) is 0 Å². The number of Topliss-reactive ketones (excluding diaryl/α,β-unsaturated/α-hetero) is 1. The fourth-order valence-electron chi connectivity index (χ4n) is 1.49. The van der Waals surface area contributed by atoms with Crippen molar-refractivity contribution in [1.82, 2.24) is 0 Å². The minimum Gasteiger partial charge on any atom is -0.463 e. The van der Waals surface area contributed by atoms with Gasteiger partial charge >= 0.3 is 17.9 Å². The molecule has 0 saturated carbocycles. The Labute approximate surface area is 130 Å². The van der Waals surface area contributed by atoms with E-state index in [1.54, 1.807) is 41.5 Å². The molecule has 0 amide bonds. The quantitative estimate of drug-likeness (QED) is 0.289. The Bertz CT molecular complexity index is 424. The highest BCUT2D eigenvalue weighted by Crippen LogP contribution is 2.13. The standard InChI is InChI=1S/C15H24O7/c1-8(2)20-12(16)7-11(14(18)21-9(3)4)13(17)15(19)22-10(5)6/h8-11H,7H2,1-6H3. The molecule has 0 fully saturated rings. The van der Waals surface area contributed by atoms with Crippen LogP contribution >= 0.6 is 0 Å². The summed E-state index contributed by atoms with van der Waals surface area (Å²) in [7, 11) is 0. The number of hydrogen-bond acceptors (Lipinski definition) is 7. The van der Waals surface area contributed by atoms with Gasteiger partial charge in [0.2, 0.25) is 0 Å². The molecule has 0 aliphatic carbocycles. The van der Waals surface area contributed by atoms with Crippen LogP contribution in [0.5, 0.6) is 0 Å². The molecule has 0 radical (unpaired) electrons. The summed E-state index contributed by atoms with van der Waals surface area (Å²) >= 11 is 0. The van der Waals surface area contributed by atoms with Crippen molar-refractivity contribution >= 4 is 23.7 Å². The zero-order chi connectivity index (χ0) is 17.4. The van der Waals surface area contributed by atoms with Gasteiger partial charge in [-0.25, -0.2) is 4.79 Å². The third kappa shape index (κ3) is 7.75. The molecular weight excluding hydrogens is 292 g/mol. The van der Waals surface area contributed by atoms with E-state index < -0.39 is 54.3 Å². The van der Waals surface area contributed by atoms with Gasteiger partial charge in [-0.3, -0.25) is 14.4 Å². The third-order valence-corrected chi connectivity index (χ3v) is 2.23. The van der Waals surface area contributed by atoms with Gasteiger partial charge < -0.3 is 14.2 Å². The maximum absolute atomic E-state index is 12.0. The van der Waals surface area contributed by atoms with Crippen molar-refractivity contribution in [3.63, 3.8) is 0 Å². The lowest BCUT2D eigenvalue weighted by atomic mass is 10.00. The molecule has 1 atom stereocenters. The van der Waals surface area contributed by atoms with E-state index >= 15 is 0 Å². The van der Waals surface area contributed by atoms with E-state index in [-0.39, 0.29) is 0 Å². The van der Waals surface area contributed by atoms with Gasteiger partial charge in [-0.1, -0.05) is 0 Å². The second kappa shape index (κ2) is 9.17. The first-order chi connectivity index (χ1) is 10.0. The summed E-state index contributed by atoms with van der Waals surface area (Å²) in [4.78, 5) is 47.3. The summed E-state index contributed by atoms with van der Waals surface area (Å²) in [5, 5.41) is 0. The molecule has 0 aliphatic heterocycles. The van der Waals surface area contributed by atoms with Gasteiger partial charge in [0.15, 0.2) is 0 Å². The Morgan fingerprint density at radius 2 is 1.18 bits per heavy atom. The SMILES string of the molecule is CC(C)OC(=O)CC(C(=O)OC(C)C)C(=O)C(=O)OC(C)C. The highest BCUT2D eigenvalue weighted by molar-refractivity contribution is 6.38. The Morgan fingerprint density at radius 1 is 0.727 bits per heavy atom. The molecular formula is C15H24O7. The summed E-state index contributed by atoms with van der Waals surface area (Å²) in [5.74, 6) is -5.54. The van der Waals surface area contributed by atoms with Crippen LogP contribution < -0.4 is 0 Å². The van der Waals surface area contributed by atoms with Crippen molar-refractivity contribution < 1.29 is 33.4 Å². The third-order valence-electron chi connectivity index (χ3n) is 2.23. The van der Waals surface area contributed by atoms with Gasteiger partial charge in [-0.15, -0.1) is 0 Å². The lowest BCUT2D eigenvalue weighted by Crippen LogP contribution is -2.36. The van der Waals surface area contributed by atoms with Gasteiger partial charge in [-0.2, -0.15) is 0 Å². The molecule has 0 heterocycles. The minimum atomic E-state index is -1.56. The summed E-state index contributed by atoms with van der Waals surface area (Å²) in [6.45, 7) is 9.60. The van der Waals surface area contributed by atoms with Crippen LogP contribution in [0.15, 0.2) is 0 Å². The van der Waals surface area contributed by atoms with Crippen molar-refractivity contribution in [3.05, 3.63) is 0 Å². The molecule has 0 spiro atoms. The Kier molecular flexibility index (Phi) is 8.37. The van der Waals surface area contributed by atoms with E-state index in [0.29, 0.717) is 0 Å². The predicted octanol–water partition coefficient (Wildman–Crippen LogP) is 1.42. The summed E-state index contributed by atoms with van der Waals surface area (Å²) < 4.78 is 14.6. The molecule has 0 saturated heterocycles. The summed E-state index contributed by atoms with van der Waals surface area (Å²) in [5.41, 5.74) is 0. The molecule has 7 nitrogen and oxygen atoms in total. The molecule has 0 aliphatic rings.